The van der Waals surface area contributed by atoms with Crippen molar-refractivity contribution in [3.63, 3.8) is 0 Å². The molecule has 9 nitrogen and oxygen atoms in total. The second kappa shape index (κ2) is 10.2. The van der Waals surface area contributed by atoms with Crippen LogP contribution in [-0.2, 0) is 19.5 Å². The number of esters is 1. The summed E-state index contributed by atoms with van der Waals surface area (Å²) in [6, 6.07) is 7.24. The number of carbonyl (C=O) groups excluding carboxylic acids is 2. The van der Waals surface area contributed by atoms with Gasteiger partial charge >= 0.3 is 12.1 Å². The number of ether oxygens (including phenoxy) is 2. The molecular formula is C23H19ClF3N3O6S. The van der Waals surface area contributed by atoms with Gasteiger partial charge in [0, 0.05) is 35.3 Å². The van der Waals surface area contributed by atoms with Gasteiger partial charge in [0.05, 0.1) is 42.8 Å². The van der Waals surface area contributed by atoms with Crippen LogP contribution in [0.1, 0.15) is 20.7 Å². The predicted molar refractivity (Wildman–Crippen MR) is 128 cm³/mol. The van der Waals surface area contributed by atoms with E-state index in [1.807, 2.05) is 0 Å². The molecule has 1 saturated heterocycles. The normalized spacial score (nSPS) is 14.9. The van der Waals surface area contributed by atoms with Crippen molar-refractivity contribution in [3.8, 4) is 0 Å². The van der Waals surface area contributed by atoms with Crippen LogP contribution in [0.4, 0.5) is 24.5 Å². The number of anilines is 2. The van der Waals surface area contributed by atoms with E-state index >= 15 is 0 Å². The van der Waals surface area contributed by atoms with E-state index in [1.165, 1.54) is 10.4 Å². The van der Waals surface area contributed by atoms with E-state index in [1.54, 1.807) is 12.1 Å². The topological polar surface area (TPSA) is 115 Å². The molecular weight excluding hydrogens is 539 g/mol. The molecule has 196 valence electrons. The number of benzene rings is 2. The number of nitrogens with one attached hydrogen (secondary N) is 1. The Labute approximate surface area is 214 Å². The second-order valence-corrected chi connectivity index (χ2v) is 10.2. The highest BCUT2D eigenvalue weighted by Gasteiger charge is 2.40. The van der Waals surface area contributed by atoms with Crippen LogP contribution in [0.2, 0.25) is 5.02 Å². The zero-order valence-electron chi connectivity index (χ0n) is 19.1. The number of ketones is 1. The Morgan fingerprint density at radius 1 is 1.14 bits per heavy atom. The lowest BCUT2D eigenvalue weighted by Gasteiger charge is -2.27. The SMILES string of the molecule is COC(=O)c1cc(C(=O)C(F)(F)F)ccc1Nc1c(S(=O)(=O)N2CCOCC2)cnc2ccc(Cl)cc12. The number of sulfonamides is 1. The fraction of sp³-hybridized carbons (Fsp3) is 0.261. The summed E-state index contributed by atoms with van der Waals surface area (Å²) in [5.74, 6) is -3.20. The maximum atomic E-state index is 13.6. The third-order valence-electron chi connectivity index (χ3n) is 5.59. The molecule has 0 radical (unpaired) electrons. The molecule has 0 atom stereocenters. The van der Waals surface area contributed by atoms with Crippen molar-refractivity contribution in [2.75, 3.05) is 38.7 Å². The van der Waals surface area contributed by atoms with Gasteiger partial charge in [-0.05, 0) is 36.4 Å². The van der Waals surface area contributed by atoms with Crippen molar-refractivity contribution < 1.29 is 40.7 Å². The number of hydrogen-bond donors (Lipinski definition) is 1. The number of alkyl halides is 3. The summed E-state index contributed by atoms with van der Waals surface area (Å²) in [6.45, 7) is 0.570. The number of halogens is 4. The number of nitrogens with zero attached hydrogens (tertiary/aromatic N) is 2. The summed E-state index contributed by atoms with van der Waals surface area (Å²) >= 11 is 6.16. The lowest BCUT2D eigenvalue weighted by molar-refractivity contribution is -0.0885. The third-order valence-corrected chi connectivity index (χ3v) is 7.73. The van der Waals surface area contributed by atoms with Crippen LogP contribution in [0.15, 0.2) is 47.5 Å². The highest BCUT2D eigenvalue weighted by molar-refractivity contribution is 7.89. The fourth-order valence-corrected chi connectivity index (χ4v) is 5.45. The molecule has 2 heterocycles. The number of morpholine rings is 1. The first-order valence-electron chi connectivity index (χ1n) is 10.7. The Kier molecular flexibility index (Phi) is 7.42. The van der Waals surface area contributed by atoms with Crippen LogP contribution in [0, 0.1) is 0 Å². The smallest absolute Gasteiger partial charge is 0.454 e. The number of methoxy groups -OCH3 is 1. The van der Waals surface area contributed by atoms with Gasteiger partial charge in [-0.1, -0.05) is 11.6 Å². The minimum atomic E-state index is -5.17. The Morgan fingerprint density at radius 3 is 2.49 bits per heavy atom. The lowest BCUT2D eigenvalue weighted by atomic mass is 10.0. The number of hydrogen-bond acceptors (Lipinski definition) is 8. The van der Waals surface area contributed by atoms with Crippen molar-refractivity contribution in [2.45, 2.75) is 11.1 Å². The summed E-state index contributed by atoms with van der Waals surface area (Å²) in [6.07, 6.45) is -4.03. The van der Waals surface area contributed by atoms with Gasteiger partial charge in [0.25, 0.3) is 5.78 Å². The van der Waals surface area contributed by atoms with Gasteiger partial charge in [-0.2, -0.15) is 17.5 Å². The summed E-state index contributed by atoms with van der Waals surface area (Å²) in [4.78, 5) is 28.2. The van der Waals surface area contributed by atoms with Crippen LogP contribution < -0.4 is 5.32 Å². The molecule has 0 unspecified atom stereocenters. The first-order valence-corrected chi connectivity index (χ1v) is 12.5. The molecule has 37 heavy (non-hydrogen) atoms. The van der Waals surface area contributed by atoms with Crippen molar-refractivity contribution in [1.82, 2.24) is 9.29 Å². The highest BCUT2D eigenvalue weighted by Crippen LogP contribution is 2.36. The highest BCUT2D eigenvalue weighted by atomic mass is 35.5. The zero-order valence-corrected chi connectivity index (χ0v) is 20.7. The number of pyridine rings is 1. The summed E-state index contributed by atoms with van der Waals surface area (Å²) < 4.78 is 77.2. The standard InChI is InChI=1S/C23H19ClF3N3O6S/c1-35-22(32)16-10-13(21(31)23(25,26)27)2-4-18(16)29-20-15-11-14(24)3-5-17(15)28-12-19(20)37(33,34)30-6-8-36-9-7-30/h2-5,10-12H,6-9H2,1H3,(H,28,29). The molecule has 3 aromatic rings. The molecule has 1 aromatic heterocycles. The van der Waals surface area contributed by atoms with Gasteiger partial charge in [0.1, 0.15) is 4.90 Å². The molecule has 0 spiro atoms. The molecule has 0 bridgehead atoms. The van der Waals surface area contributed by atoms with Gasteiger partial charge < -0.3 is 14.8 Å². The Bertz CT molecular complexity index is 1490. The molecule has 4 rings (SSSR count). The molecule has 0 saturated carbocycles. The second-order valence-electron chi connectivity index (χ2n) is 7.88. The van der Waals surface area contributed by atoms with Crippen LogP contribution >= 0.6 is 11.6 Å². The van der Waals surface area contributed by atoms with Gasteiger partial charge in [-0.25, -0.2) is 13.2 Å². The van der Waals surface area contributed by atoms with Gasteiger partial charge in [-0.15, -0.1) is 0 Å². The zero-order chi connectivity index (χ0) is 27.0. The first-order chi connectivity index (χ1) is 17.4. The Hall–Kier alpha value is -3.26. The minimum Gasteiger partial charge on any atom is -0.465 e. The van der Waals surface area contributed by atoms with E-state index in [4.69, 9.17) is 16.3 Å². The average Bonchev–Trinajstić information content (AvgIpc) is 2.88. The lowest BCUT2D eigenvalue weighted by Crippen LogP contribution is -2.40. The van der Waals surface area contributed by atoms with Crippen LogP contribution in [0.25, 0.3) is 10.9 Å². The van der Waals surface area contributed by atoms with E-state index in [9.17, 15) is 31.2 Å². The third kappa shape index (κ3) is 5.39. The number of fused-ring (bicyclic) bond motifs is 1. The monoisotopic (exact) mass is 557 g/mol. The number of carbonyl (C=O) groups is 2. The van der Waals surface area contributed by atoms with Crippen LogP contribution in [-0.4, -0.2) is 69.0 Å². The molecule has 1 N–H and O–H groups in total. The molecule has 1 aliphatic heterocycles. The number of Topliss-reactive ketones (excluding diaryl/α,β-unsaturated/α-hetero) is 1. The maximum absolute atomic E-state index is 13.6. The quantitative estimate of drug-likeness (QED) is 0.354. The molecule has 0 amide bonds. The van der Waals surface area contributed by atoms with Crippen LogP contribution in [0.5, 0.6) is 0 Å². The maximum Gasteiger partial charge on any atom is 0.454 e. The predicted octanol–water partition coefficient (Wildman–Crippen LogP) is 4.18. The summed E-state index contributed by atoms with van der Waals surface area (Å²) in [5.41, 5.74) is -0.964. The first kappa shape index (κ1) is 26.8. The molecule has 14 heteroatoms. The minimum absolute atomic E-state index is 0.0148. The van der Waals surface area contributed by atoms with E-state index in [2.05, 4.69) is 15.0 Å². The fourth-order valence-electron chi connectivity index (χ4n) is 3.77. The van der Waals surface area contributed by atoms with E-state index in [0.717, 1.165) is 31.5 Å². The van der Waals surface area contributed by atoms with Crippen LogP contribution in [0.3, 0.4) is 0 Å². The van der Waals surface area contributed by atoms with Crippen molar-refractivity contribution >= 4 is 55.7 Å². The van der Waals surface area contributed by atoms with E-state index < -0.39 is 39.1 Å². The number of aromatic nitrogens is 1. The Balaban J connectivity index is 1.91. The Morgan fingerprint density at radius 2 is 1.84 bits per heavy atom. The van der Waals surface area contributed by atoms with Crippen molar-refractivity contribution in [2.24, 2.45) is 0 Å². The molecule has 1 aliphatic rings. The van der Waals surface area contributed by atoms with Crippen molar-refractivity contribution in [1.29, 1.82) is 0 Å². The molecule has 1 fully saturated rings. The molecule has 0 aliphatic carbocycles. The molecule has 2 aromatic carbocycles. The van der Waals surface area contributed by atoms with Gasteiger partial charge in [0.2, 0.25) is 10.0 Å². The summed E-state index contributed by atoms with van der Waals surface area (Å²) in [7, 11) is -3.12. The van der Waals surface area contributed by atoms with Crippen molar-refractivity contribution in [3.05, 3.63) is 58.7 Å². The summed E-state index contributed by atoms with van der Waals surface area (Å²) in [5, 5.41) is 3.38. The van der Waals surface area contributed by atoms with E-state index in [0.29, 0.717) is 5.52 Å². The van der Waals surface area contributed by atoms with E-state index in [-0.39, 0.29) is 53.0 Å². The average molecular weight is 558 g/mol. The number of rotatable bonds is 6. The van der Waals surface area contributed by atoms with Gasteiger partial charge in [-0.3, -0.25) is 9.78 Å². The van der Waals surface area contributed by atoms with Gasteiger partial charge in [0.15, 0.2) is 0 Å². The largest absolute Gasteiger partial charge is 0.465 e.